The van der Waals surface area contributed by atoms with E-state index in [-0.39, 0.29) is 5.82 Å². The zero-order valence-electron chi connectivity index (χ0n) is 11.0. The van der Waals surface area contributed by atoms with Crippen LogP contribution in [0.2, 0.25) is 0 Å². The van der Waals surface area contributed by atoms with Crippen molar-refractivity contribution in [1.29, 1.82) is 0 Å². The average Bonchev–Trinajstić information content (AvgIpc) is 2.57. The van der Waals surface area contributed by atoms with Crippen molar-refractivity contribution in [2.45, 2.75) is 45.2 Å². The Hall–Kier alpha value is -0.410. The molecular formula is C15H21BrFN. The van der Waals surface area contributed by atoms with E-state index < -0.39 is 0 Å². The van der Waals surface area contributed by atoms with Crippen LogP contribution in [0.1, 0.15) is 36.8 Å². The van der Waals surface area contributed by atoms with E-state index in [4.69, 9.17) is 0 Å². The Bertz CT molecular complexity index is 394. The van der Waals surface area contributed by atoms with Crippen molar-refractivity contribution >= 4 is 15.9 Å². The predicted octanol–water partition coefficient (Wildman–Crippen LogP) is 4.27. The molecule has 1 aromatic rings. The molecule has 0 radical (unpaired) electrons. The molecule has 2 rings (SSSR count). The summed E-state index contributed by atoms with van der Waals surface area (Å²) in [5.74, 6) is -0.135. The number of halogens is 2. The molecule has 0 bridgehead atoms. The van der Waals surface area contributed by atoms with Crippen LogP contribution < -0.4 is 0 Å². The first-order valence-electron chi connectivity index (χ1n) is 6.75. The van der Waals surface area contributed by atoms with Gasteiger partial charge in [-0.25, -0.2) is 4.39 Å². The summed E-state index contributed by atoms with van der Waals surface area (Å²) in [7, 11) is 0. The molecule has 0 amide bonds. The minimum absolute atomic E-state index is 0.135. The summed E-state index contributed by atoms with van der Waals surface area (Å²) < 4.78 is 13.1. The Labute approximate surface area is 118 Å². The van der Waals surface area contributed by atoms with Gasteiger partial charge in [-0.2, -0.15) is 0 Å². The fourth-order valence-electron chi connectivity index (χ4n) is 2.68. The molecular weight excluding hydrogens is 293 g/mol. The maximum atomic E-state index is 13.1. The fraction of sp³-hybridized carbons (Fsp3) is 0.600. The minimum atomic E-state index is -0.135. The van der Waals surface area contributed by atoms with Gasteiger partial charge in [-0.1, -0.05) is 34.8 Å². The highest BCUT2D eigenvalue weighted by molar-refractivity contribution is 9.09. The molecule has 1 atom stereocenters. The van der Waals surface area contributed by atoms with Crippen LogP contribution in [0, 0.1) is 12.7 Å². The fourth-order valence-corrected chi connectivity index (χ4v) is 3.41. The molecule has 1 fully saturated rings. The highest BCUT2D eigenvalue weighted by Crippen LogP contribution is 2.22. The summed E-state index contributed by atoms with van der Waals surface area (Å²) in [5.41, 5.74) is 2.32. The van der Waals surface area contributed by atoms with Crippen LogP contribution in [-0.2, 0) is 6.54 Å². The van der Waals surface area contributed by atoms with Crippen LogP contribution >= 0.6 is 15.9 Å². The highest BCUT2D eigenvalue weighted by Gasteiger charge is 2.20. The lowest BCUT2D eigenvalue weighted by Gasteiger charge is -2.29. The van der Waals surface area contributed by atoms with Crippen LogP contribution in [0.25, 0.3) is 0 Å². The summed E-state index contributed by atoms with van der Waals surface area (Å²) >= 11 is 3.63. The molecule has 0 aliphatic carbocycles. The molecule has 1 saturated heterocycles. The number of hydrogen-bond acceptors (Lipinski definition) is 1. The van der Waals surface area contributed by atoms with Crippen LogP contribution in [0.4, 0.5) is 4.39 Å². The van der Waals surface area contributed by atoms with Crippen molar-refractivity contribution in [1.82, 2.24) is 4.90 Å². The first kappa shape index (κ1) is 14.0. The van der Waals surface area contributed by atoms with Gasteiger partial charge in [0, 0.05) is 17.9 Å². The average molecular weight is 314 g/mol. The molecule has 1 aliphatic heterocycles. The summed E-state index contributed by atoms with van der Waals surface area (Å²) in [4.78, 5) is 2.54. The van der Waals surface area contributed by atoms with E-state index >= 15 is 0 Å². The molecule has 0 aromatic heterocycles. The SMILES string of the molecule is Cc1cc(F)ccc1CN1CCCCCC1CBr. The largest absolute Gasteiger partial charge is 0.295 e. The van der Waals surface area contributed by atoms with Crippen molar-refractivity contribution in [2.24, 2.45) is 0 Å². The standard InChI is InChI=1S/C15H21BrFN/c1-12-9-14(17)7-6-13(12)11-18-8-4-2-3-5-15(18)10-16/h6-7,9,15H,2-5,8,10-11H2,1H3. The highest BCUT2D eigenvalue weighted by atomic mass is 79.9. The van der Waals surface area contributed by atoms with Gasteiger partial charge < -0.3 is 0 Å². The number of rotatable bonds is 3. The van der Waals surface area contributed by atoms with Gasteiger partial charge in [-0.05, 0) is 49.6 Å². The van der Waals surface area contributed by atoms with Crippen molar-refractivity contribution in [3.8, 4) is 0 Å². The Balaban J connectivity index is 2.10. The van der Waals surface area contributed by atoms with E-state index in [1.165, 1.54) is 31.2 Å². The molecule has 1 aromatic carbocycles. The number of hydrogen-bond donors (Lipinski definition) is 0. The summed E-state index contributed by atoms with van der Waals surface area (Å²) in [6.07, 6.45) is 5.22. The van der Waals surface area contributed by atoms with E-state index in [1.54, 1.807) is 12.1 Å². The lowest BCUT2D eigenvalue weighted by atomic mass is 10.1. The van der Waals surface area contributed by atoms with Crippen LogP contribution in [-0.4, -0.2) is 22.8 Å². The maximum Gasteiger partial charge on any atom is 0.123 e. The van der Waals surface area contributed by atoms with Gasteiger partial charge in [0.05, 0.1) is 0 Å². The van der Waals surface area contributed by atoms with Crippen LogP contribution in [0.15, 0.2) is 18.2 Å². The first-order chi connectivity index (χ1) is 8.70. The monoisotopic (exact) mass is 313 g/mol. The Morgan fingerprint density at radius 1 is 1.33 bits per heavy atom. The van der Waals surface area contributed by atoms with Gasteiger partial charge >= 0.3 is 0 Å². The van der Waals surface area contributed by atoms with Crippen molar-refractivity contribution in [3.05, 3.63) is 35.1 Å². The van der Waals surface area contributed by atoms with E-state index in [2.05, 4.69) is 20.8 Å². The number of alkyl halides is 1. The molecule has 0 N–H and O–H groups in total. The molecule has 0 saturated carbocycles. The molecule has 1 nitrogen and oxygen atoms in total. The second-order valence-corrected chi connectivity index (χ2v) is 5.85. The Morgan fingerprint density at radius 2 is 2.17 bits per heavy atom. The summed E-state index contributed by atoms with van der Waals surface area (Å²) in [5, 5.41) is 1.03. The molecule has 100 valence electrons. The van der Waals surface area contributed by atoms with E-state index in [0.29, 0.717) is 6.04 Å². The topological polar surface area (TPSA) is 3.24 Å². The zero-order valence-corrected chi connectivity index (χ0v) is 12.5. The molecule has 0 spiro atoms. The van der Waals surface area contributed by atoms with E-state index in [1.807, 2.05) is 13.0 Å². The smallest absolute Gasteiger partial charge is 0.123 e. The van der Waals surface area contributed by atoms with E-state index in [9.17, 15) is 4.39 Å². The number of aryl methyl sites for hydroxylation is 1. The Morgan fingerprint density at radius 3 is 2.89 bits per heavy atom. The van der Waals surface area contributed by atoms with Crippen molar-refractivity contribution in [2.75, 3.05) is 11.9 Å². The normalized spacial score (nSPS) is 21.8. The summed E-state index contributed by atoms with van der Waals surface area (Å²) in [6, 6.07) is 5.76. The quantitative estimate of drug-likeness (QED) is 0.753. The van der Waals surface area contributed by atoms with Gasteiger partial charge in [-0.15, -0.1) is 0 Å². The third kappa shape index (κ3) is 3.55. The summed E-state index contributed by atoms with van der Waals surface area (Å²) in [6.45, 7) is 4.11. The third-order valence-electron chi connectivity index (χ3n) is 3.86. The van der Waals surface area contributed by atoms with Crippen molar-refractivity contribution < 1.29 is 4.39 Å². The second-order valence-electron chi connectivity index (χ2n) is 5.20. The maximum absolute atomic E-state index is 13.1. The molecule has 18 heavy (non-hydrogen) atoms. The predicted molar refractivity (Wildman–Crippen MR) is 77.6 cm³/mol. The molecule has 1 heterocycles. The number of benzene rings is 1. The minimum Gasteiger partial charge on any atom is -0.295 e. The number of likely N-dealkylation sites (tertiary alicyclic amines) is 1. The molecule has 3 heteroatoms. The first-order valence-corrected chi connectivity index (χ1v) is 7.88. The zero-order chi connectivity index (χ0) is 13.0. The van der Waals surface area contributed by atoms with Crippen LogP contribution in [0.3, 0.4) is 0 Å². The van der Waals surface area contributed by atoms with Gasteiger partial charge in [-0.3, -0.25) is 4.90 Å². The van der Waals surface area contributed by atoms with Crippen LogP contribution in [0.5, 0.6) is 0 Å². The number of nitrogens with zero attached hydrogens (tertiary/aromatic N) is 1. The van der Waals surface area contributed by atoms with Crippen molar-refractivity contribution in [3.63, 3.8) is 0 Å². The third-order valence-corrected chi connectivity index (χ3v) is 4.60. The van der Waals surface area contributed by atoms with Gasteiger partial charge in [0.25, 0.3) is 0 Å². The Kier molecular flexibility index (Phi) is 5.19. The van der Waals surface area contributed by atoms with Gasteiger partial charge in [0.1, 0.15) is 5.82 Å². The lowest BCUT2D eigenvalue weighted by molar-refractivity contribution is 0.209. The molecule has 1 aliphatic rings. The van der Waals surface area contributed by atoms with Gasteiger partial charge in [0.15, 0.2) is 0 Å². The molecule has 1 unspecified atom stereocenters. The van der Waals surface area contributed by atoms with Gasteiger partial charge in [0.2, 0.25) is 0 Å². The second kappa shape index (κ2) is 6.67. The van der Waals surface area contributed by atoms with E-state index in [0.717, 1.165) is 24.0 Å². The lowest BCUT2D eigenvalue weighted by Crippen LogP contribution is -2.35.